The molecule has 0 aliphatic carbocycles. The summed E-state index contributed by atoms with van der Waals surface area (Å²) in [6.45, 7) is 8.47. The Bertz CT molecular complexity index is 515. The largest absolute Gasteiger partial charge is 0.368 e. The fraction of sp³-hybridized carbons (Fsp3) is 0.357. The zero-order valence-corrected chi connectivity index (χ0v) is 10.3. The van der Waals surface area contributed by atoms with Gasteiger partial charge in [-0.3, -0.25) is 0 Å². The van der Waals surface area contributed by atoms with E-state index < -0.39 is 0 Å². The van der Waals surface area contributed by atoms with Crippen molar-refractivity contribution >= 4 is 16.7 Å². The number of hydrogen-bond donors (Lipinski definition) is 1. The van der Waals surface area contributed by atoms with E-state index in [-0.39, 0.29) is 0 Å². The summed E-state index contributed by atoms with van der Waals surface area (Å²) in [5, 5.41) is 4.54. The first-order valence-electron chi connectivity index (χ1n) is 5.71. The monoisotopic (exact) mass is 214 g/mol. The zero-order valence-electron chi connectivity index (χ0n) is 10.3. The highest BCUT2D eigenvalue weighted by molar-refractivity contribution is 5.84. The highest BCUT2D eigenvalue weighted by Gasteiger charge is 2.03. The van der Waals surface area contributed by atoms with Gasteiger partial charge in [0, 0.05) is 11.4 Å². The van der Waals surface area contributed by atoms with Gasteiger partial charge in [-0.05, 0) is 51.5 Å². The summed E-state index contributed by atoms with van der Waals surface area (Å²) in [6.07, 6.45) is 0. The molecular formula is C14H18N2. The van der Waals surface area contributed by atoms with Crippen LogP contribution < -0.4 is 5.32 Å². The smallest absolute Gasteiger partial charge is 0.126 e. The van der Waals surface area contributed by atoms with Gasteiger partial charge < -0.3 is 5.32 Å². The third-order valence-corrected chi connectivity index (χ3v) is 2.56. The van der Waals surface area contributed by atoms with Crippen LogP contribution in [0.25, 0.3) is 10.9 Å². The first-order chi connectivity index (χ1) is 7.56. The molecule has 0 unspecified atom stereocenters. The van der Waals surface area contributed by atoms with Crippen molar-refractivity contribution in [1.82, 2.24) is 4.98 Å². The highest BCUT2D eigenvalue weighted by atomic mass is 15.0. The molecule has 0 spiro atoms. The Kier molecular flexibility index (Phi) is 2.82. The lowest BCUT2D eigenvalue weighted by molar-refractivity contribution is 0.891. The van der Waals surface area contributed by atoms with Crippen LogP contribution in [0.3, 0.4) is 0 Å². The fourth-order valence-electron chi connectivity index (χ4n) is 1.98. The summed E-state index contributed by atoms with van der Waals surface area (Å²) in [5.41, 5.74) is 3.62. The van der Waals surface area contributed by atoms with E-state index in [1.54, 1.807) is 0 Å². The van der Waals surface area contributed by atoms with Gasteiger partial charge in [0.2, 0.25) is 0 Å². The van der Waals surface area contributed by atoms with Gasteiger partial charge >= 0.3 is 0 Å². The molecule has 1 N–H and O–H groups in total. The van der Waals surface area contributed by atoms with Gasteiger partial charge in [-0.1, -0.05) is 11.6 Å². The minimum Gasteiger partial charge on any atom is -0.368 e. The highest BCUT2D eigenvalue weighted by Crippen LogP contribution is 2.20. The number of hydrogen-bond acceptors (Lipinski definition) is 2. The van der Waals surface area contributed by atoms with Crippen molar-refractivity contribution in [2.75, 3.05) is 5.32 Å². The molecule has 0 aliphatic rings. The molecule has 1 aromatic carbocycles. The first-order valence-corrected chi connectivity index (χ1v) is 5.71. The molecule has 1 aromatic heterocycles. The molecule has 0 aliphatic heterocycles. The van der Waals surface area contributed by atoms with Crippen LogP contribution in [0, 0.1) is 13.8 Å². The lowest BCUT2D eigenvalue weighted by atomic mass is 10.1. The molecule has 1 heterocycles. The lowest BCUT2D eigenvalue weighted by Crippen LogP contribution is -2.10. The molecule has 16 heavy (non-hydrogen) atoms. The molecule has 0 atom stereocenters. The van der Waals surface area contributed by atoms with Crippen LogP contribution in [-0.4, -0.2) is 11.0 Å². The number of fused-ring (bicyclic) bond motifs is 1. The van der Waals surface area contributed by atoms with E-state index in [0.717, 1.165) is 11.3 Å². The van der Waals surface area contributed by atoms with Crippen molar-refractivity contribution in [3.8, 4) is 0 Å². The number of aromatic nitrogens is 1. The van der Waals surface area contributed by atoms with Gasteiger partial charge in [0.25, 0.3) is 0 Å². The number of aryl methyl sites for hydroxylation is 2. The van der Waals surface area contributed by atoms with Crippen LogP contribution in [0.15, 0.2) is 24.3 Å². The predicted octanol–water partition coefficient (Wildman–Crippen LogP) is 3.67. The number of nitrogens with one attached hydrogen (secondary N) is 1. The summed E-state index contributed by atoms with van der Waals surface area (Å²) in [7, 11) is 0. The van der Waals surface area contributed by atoms with Crippen molar-refractivity contribution in [2.24, 2.45) is 0 Å². The Morgan fingerprint density at radius 2 is 1.88 bits per heavy atom. The summed E-state index contributed by atoms with van der Waals surface area (Å²) < 4.78 is 0. The second-order valence-corrected chi connectivity index (χ2v) is 4.65. The number of pyridine rings is 1. The molecule has 0 saturated heterocycles. The zero-order chi connectivity index (χ0) is 11.7. The normalized spacial score (nSPS) is 11.1. The van der Waals surface area contributed by atoms with Crippen LogP contribution in [0.2, 0.25) is 0 Å². The molecule has 2 aromatic rings. The maximum Gasteiger partial charge on any atom is 0.126 e. The van der Waals surface area contributed by atoms with Crippen LogP contribution in [-0.2, 0) is 0 Å². The minimum atomic E-state index is 0.413. The van der Waals surface area contributed by atoms with E-state index in [1.807, 2.05) is 6.07 Å². The van der Waals surface area contributed by atoms with Crippen LogP contribution in [0.5, 0.6) is 0 Å². The van der Waals surface area contributed by atoms with Gasteiger partial charge in [-0.25, -0.2) is 4.98 Å². The first kappa shape index (κ1) is 10.9. The Labute approximate surface area is 96.7 Å². The Balaban J connectivity index is 2.53. The van der Waals surface area contributed by atoms with Gasteiger partial charge in [-0.2, -0.15) is 0 Å². The summed E-state index contributed by atoms with van der Waals surface area (Å²) >= 11 is 0. The average Bonchev–Trinajstić information content (AvgIpc) is 2.18. The standard InChI is InChI=1S/C14H18N2/c1-9(2)15-13-6-5-12-8-10(3)7-11(4)14(12)16-13/h5-9H,1-4H3,(H,15,16). The van der Waals surface area contributed by atoms with E-state index in [9.17, 15) is 0 Å². The Morgan fingerprint density at radius 3 is 2.56 bits per heavy atom. The topological polar surface area (TPSA) is 24.9 Å². The quantitative estimate of drug-likeness (QED) is 0.825. The SMILES string of the molecule is Cc1cc(C)c2nc(NC(C)C)ccc2c1. The molecule has 2 rings (SSSR count). The molecule has 0 bridgehead atoms. The van der Waals surface area contributed by atoms with Crippen molar-refractivity contribution in [1.29, 1.82) is 0 Å². The Hall–Kier alpha value is -1.57. The van der Waals surface area contributed by atoms with Crippen LogP contribution in [0.4, 0.5) is 5.82 Å². The van der Waals surface area contributed by atoms with Gasteiger partial charge in [0.05, 0.1) is 5.52 Å². The third-order valence-electron chi connectivity index (χ3n) is 2.56. The average molecular weight is 214 g/mol. The predicted molar refractivity (Wildman–Crippen MR) is 70.0 cm³/mol. The number of anilines is 1. The summed E-state index contributed by atoms with van der Waals surface area (Å²) in [6, 6.07) is 8.94. The molecule has 84 valence electrons. The van der Waals surface area contributed by atoms with E-state index >= 15 is 0 Å². The van der Waals surface area contributed by atoms with E-state index in [1.165, 1.54) is 16.5 Å². The molecule has 2 heteroatoms. The van der Waals surface area contributed by atoms with Crippen molar-refractivity contribution < 1.29 is 0 Å². The molecule has 0 saturated carbocycles. The maximum absolute atomic E-state index is 4.64. The van der Waals surface area contributed by atoms with Crippen LogP contribution >= 0.6 is 0 Å². The van der Waals surface area contributed by atoms with E-state index in [4.69, 9.17) is 0 Å². The van der Waals surface area contributed by atoms with Gasteiger partial charge in [0.15, 0.2) is 0 Å². The second kappa shape index (κ2) is 4.12. The Morgan fingerprint density at radius 1 is 1.12 bits per heavy atom. The molecular weight excluding hydrogens is 196 g/mol. The molecule has 0 radical (unpaired) electrons. The van der Waals surface area contributed by atoms with Gasteiger partial charge in [0.1, 0.15) is 5.82 Å². The van der Waals surface area contributed by atoms with E-state index in [2.05, 4.69) is 56.2 Å². The number of rotatable bonds is 2. The van der Waals surface area contributed by atoms with Crippen molar-refractivity contribution in [3.63, 3.8) is 0 Å². The number of benzene rings is 1. The summed E-state index contributed by atoms with van der Waals surface area (Å²) in [4.78, 5) is 4.64. The van der Waals surface area contributed by atoms with Crippen molar-refractivity contribution in [3.05, 3.63) is 35.4 Å². The second-order valence-electron chi connectivity index (χ2n) is 4.65. The third kappa shape index (κ3) is 2.16. The van der Waals surface area contributed by atoms with Crippen molar-refractivity contribution in [2.45, 2.75) is 33.7 Å². The molecule has 0 amide bonds. The number of nitrogens with zero attached hydrogens (tertiary/aromatic N) is 1. The maximum atomic E-state index is 4.64. The minimum absolute atomic E-state index is 0.413. The molecule has 0 fully saturated rings. The summed E-state index contributed by atoms with van der Waals surface area (Å²) in [5.74, 6) is 0.953. The lowest BCUT2D eigenvalue weighted by Gasteiger charge is -2.11. The van der Waals surface area contributed by atoms with Crippen LogP contribution in [0.1, 0.15) is 25.0 Å². The fourth-order valence-corrected chi connectivity index (χ4v) is 1.98. The molecule has 2 nitrogen and oxygen atoms in total. The van der Waals surface area contributed by atoms with E-state index in [0.29, 0.717) is 6.04 Å². The van der Waals surface area contributed by atoms with Gasteiger partial charge in [-0.15, -0.1) is 0 Å².